The fourth-order valence-electron chi connectivity index (χ4n) is 3.03. The van der Waals surface area contributed by atoms with E-state index in [1.54, 1.807) is 12.4 Å². The summed E-state index contributed by atoms with van der Waals surface area (Å²) in [6.07, 6.45) is 4.80. The molecule has 0 bridgehead atoms. The number of aromatic nitrogens is 2. The average Bonchev–Trinajstić information content (AvgIpc) is 2.63. The van der Waals surface area contributed by atoms with Gasteiger partial charge in [0.1, 0.15) is 11.4 Å². The third kappa shape index (κ3) is 4.14. The normalized spacial score (nSPS) is 18.4. The molecule has 0 radical (unpaired) electrons. The third-order valence-electron chi connectivity index (χ3n) is 4.35. The molecule has 1 atom stereocenters. The lowest BCUT2D eigenvalue weighted by Gasteiger charge is -2.39. The zero-order valence-corrected chi connectivity index (χ0v) is 14.9. The van der Waals surface area contributed by atoms with Gasteiger partial charge in [-0.15, -0.1) is 0 Å². The standard InChI is InChI=1S/C19H24N4O2/c1-14(2)25-16-6-4-15(5-7-16)18-13-23(11-10-22(18)3)19(24)17-12-20-8-9-21-17/h4-9,12,14,18H,10-11,13H2,1-3H3/t18-/m1/s1. The van der Waals surface area contributed by atoms with Crippen LogP contribution in [0.15, 0.2) is 42.9 Å². The lowest BCUT2D eigenvalue weighted by molar-refractivity contribution is 0.0540. The van der Waals surface area contributed by atoms with Crippen LogP contribution in [0.4, 0.5) is 0 Å². The van der Waals surface area contributed by atoms with Gasteiger partial charge in [-0.2, -0.15) is 0 Å². The molecule has 1 aliphatic heterocycles. The van der Waals surface area contributed by atoms with Gasteiger partial charge in [0.25, 0.3) is 5.91 Å². The summed E-state index contributed by atoms with van der Waals surface area (Å²) in [6, 6.07) is 8.30. The highest BCUT2D eigenvalue weighted by molar-refractivity contribution is 5.92. The smallest absolute Gasteiger partial charge is 0.274 e. The zero-order chi connectivity index (χ0) is 17.8. The highest BCUT2D eigenvalue weighted by Gasteiger charge is 2.29. The largest absolute Gasteiger partial charge is 0.491 e. The van der Waals surface area contributed by atoms with E-state index in [1.807, 2.05) is 30.9 Å². The van der Waals surface area contributed by atoms with Crippen molar-refractivity contribution < 1.29 is 9.53 Å². The van der Waals surface area contributed by atoms with E-state index in [-0.39, 0.29) is 18.1 Å². The number of ether oxygens (including phenoxy) is 1. The summed E-state index contributed by atoms with van der Waals surface area (Å²) in [6.45, 7) is 6.17. The van der Waals surface area contributed by atoms with Gasteiger partial charge in [-0.1, -0.05) is 12.1 Å². The first-order valence-electron chi connectivity index (χ1n) is 8.56. The van der Waals surface area contributed by atoms with Crippen molar-refractivity contribution >= 4 is 5.91 Å². The van der Waals surface area contributed by atoms with Crippen molar-refractivity contribution in [2.24, 2.45) is 0 Å². The molecule has 6 nitrogen and oxygen atoms in total. The van der Waals surface area contributed by atoms with E-state index < -0.39 is 0 Å². The zero-order valence-electron chi connectivity index (χ0n) is 14.9. The Kier molecular flexibility index (Phi) is 5.28. The minimum Gasteiger partial charge on any atom is -0.491 e. The van der Waals surface area contributed by atoms with Crippen molar-refractivity contribution in [2.45, 2.75) is 26.0 Å². The molecule has 2 aromatic rings. The summed E-state index contributed by atoms with van der Waals surface area (Å²) >= 11 is 0. The van der Waals surface area contributed by atoms with Gasteiger partial charge in [-0.3, -0.25) is 14.7 Å². The number of hydrogen-bond acceptors (Lipinski definition) is 5. The highest BCUT2D eigenvalue weighted by Crippen LogP contribution is 2.26. The molecule has 1 amide bonds. The molecule has 0 unspecified atom stereocenters. The number of hydrogen-bond donors (Lipinski definition) is 0. The number of rotatable bonds is 4. The van der Waals surface area contributed by atoms with E-state index in [0.717, 1.165) is 12.3 Å². The van der Waals surface area contributed by atoms with Crippen LogP contribution in [0, 0.1) is 0 Å². The van der Waals surface area contributed by atoms with Gasteiger partial charge < -0.3 is 9.64 Å². The summed E-state index contributed by atoms with van der Waals surface area (Å²) in [4.78, 5) is 24.9. The van der Waals surface area contributed by atoms with Crippen molar-refractivity contribution in [3.63, 3.8) is 0 Å². The first-order valence-corrected chi connectivity index (χ1v) is 8.56. The van der Waals surface area contributed by atoms with E-state index in [0.29, 0.717) is 18.8 Å². The Labute approximate surface area is 148 Å². The highest BCUT2D eigenvalue weighted by atomic mass is 16.5. The van der Waals surface area contributed by atoms with Crippen molar-refractivity contribution in [3.8, 4) is 5.75 Å². The molecular weight excluding hydrogens is 316 g/mol. The maximum absolute atomic E-state index is 12.6. The Bertz CT molecular complexity index is 703. The van der Waals surface area contributed by atoms with Gasteiger partial charge in [0.05, 0.1) is 18.3 Å². The van der Waals surface area contributed by atoms with E-state index in [4.69, 9.17) is 4.74 Å². The lowest BCUT2D eigenvalue weighted by Crippen LogP contribution is -2.49. The molecule has 1 fully saturated rings. The summed E-state index contributed by atoms with van der Waals surface area (Å²) in [5.41, 5.74) is 1.57. The summed E-state index contributed by atoms with van der Waals surface area (Å²) in [5, 5.41) is 0. The number of amides is 1. The Morgan fingerprint density at radius 3 is 2.60 bits per heavy atom. The van der Waals surface area contributed by atoms with Crippen molar-refractivity contribution in [3.05, 3.63) is 54.1 Å². The SMILES string of the molecule is CC(C)Oc1ccc([C@H]2CN(C(=O)c3cnccn3)CCN2C)cc1. The van der Waals surface area contributed by atoms with Crippen LogP contribution in [0.1, 0.15) is 35.9 Å². The molecule has 0 aliphatic carbocycles. The van der Waals surface area contributed by atoms with Crippen molar-refractivity contribution in [2.75, 3.05) is 26.7 Å². The second kappa shape index (κ2) is 7.61. The molecule has 6 heteroatoms. The molecule has 1 aromatic carbocycles. The van der Waals surface area contributed by atoms with Gasteiger partial charge >= 0.3 is 0 Å². The Hall–Kier alpha value is -2.47. The van der Waals surface area contributed by atoms with Crippen LogP contribution < -0.4 is 4.74 Å². The number of benzene rings is 1. The van der Waals surface area contributed by atoms with Crippen LogP contribution in [0.5, 0.6) is 5.75 Å². The number of nitrogens with zero attached hydrogens (tertiary/aromatic N) is 4. The van der Waals surface area contributed by atoms with Crippen LogP contribution in [0.2, 0.25) is 0 Å². The Morgan fingerprint density at radius 1 is 1.20 bits per heavy atom. The predicted molar refractivity (Wildman–Crippen MR) is 95.5 cm³/mol. The summed E-state index contributed by atoms with van der Waals surface area (Å²) in [5.74, 6) is 0.802. The average molecular weight is 340 g/mol. The van der Waals surface area contributed by atoms with Gasteiger partial charge in [-0.25, -0.2) is 4.98 Å². The minimum atomic E-state index is -0.0639. The molecule has 132 valence electrons. The molecule has 0 spiro atoms. The second-order valence-corrected chi connectivity index (χ2v) is 6.57. The van der Waals surface area contributed by atoms with Crippen molar-refractivity contribution in [1.82, 2.24) is 19.8 Å². The monoisotopic (exact) mass is 340 g/mol. The molecule has 3 rings (SSSR count). The van der Waals surface area contributed by atoms with Crippen LogP contribution in [-0.2, 0) is 0 Å². The number of carbonyl (C=O) groups is 1. The second-order valence-electron chi connectivity index (χ2n) is 6.57. The van der Waals surface area contributed by atoms with Crippen LogP contribution >= 0.6 is 0 Å². The van der Waals surface area contributed by atoms with Gasteiger partial charge in [-0.05, 0) is 38.6 Å². The minimum absolute atomic E-state index is 0.0639. The summed E-state index contributed by atoms with van der Waals surface area (Å²) < 4.78 is 5.71. The molecule has 2 heterocycles. The van der Waals surface area contributed by atoms with Crippen molar-refractivity contribution in [1.29, 1.82) is 0 Å². The molecule has 0 saturated carbocycles. The van der Waals surface area contributed by atoms with E-state index in [1.165, 1.54) is 11.8 Å². The quantitative estimate of drug-likeness (QED) is 0.855. The van der Waals surface area contributed by atoms with Gasteiger partial charge in [0.15, 0.2) is 0 Å². The molecular formula is C19H24N4O2. The molecule has 1 aliphatic rings. The van der Waals surface area contributed by atoms with Gasteiger partial charge in [0, 0.05) is 32.0 Å². The van der Waals surface area contributed by atoms with Crippen LogP contribution in [0.25, 0.3) is 0 Å². The van der Waals surface area contributed by atoms with E-state index in [9.17, 15) is 4.79 Å². The predicted octanol–water partition coefficient (Wildman–Crippen LogP) is 2.39. The molecule has 1 saturated heterocycles. The van der Waals surface area contributed by atoms with Crippen LogP contribution in [0.3, 0.4) is 0 Å². The summed E-state index contributed by atoms with van der Waals surface area (Å²) in [7, 11) is 2.09. The maximum Gasteiger partial charge on any atom is 0.274 e. The first-order chi connectivity index (χ1) is 12.0. The lowest BCUT2D eigenvalue weighted by atomic mass is 10.0. The van der Waals surface area contributed by atoms with Crippen LogP contribution in [-0.4, -0.2) is 58.5 Å². The first kappa shape index (κ1) is 17.4. The molecule has 25 heavy (non-hydrogen) atoms. The number of piperazine rings is 1. The number of likely N-dealkylation sites (N-methyl/N-ethyl adjacent to an activating group) is 1. The fourth-order valence-corrected chi connectivity index (χ4v) is 3.03. The maximum atomic E-state index is 12.6. The molecule has 1 aromatic heterocycles. The topological polar surface area (TPSA) is 58.6 Å². The molecule has 0 N–H and O–H groups in total. The van der Waals surface area contributed by atoms with Gasteiger partial charge in [0.2, 0.25) is 0 Å². The van der Waals surface area contributed by atoms with E-state index in [2.05, 4.69) is 34.0 Å². The third-order valence-corrected chi connectivity index (χ3v) is 4.35. The fraction of sp³-hybridized carbons (Fsp3) is 0.421. The Balaban J connectivity index is 1.73. The van der Waals surface area contributed by atoms with E-state index >= 15 is 0 Å². The Morgan fingerprint density at radius 2 is 1.96 bits per heavy atom. The number of carbonyl (C=O) groups excluding carboxylic acids is 1.